The van der Waals surface area contributed by atoms with Crippen LogP contribution in [-0.2, 0) is 0 Å². The molecule has 0 saturated heterocycles. The average molecular weight is 193 g/mol. The standard InChI is InChI=1S/C11H19N3/c1-4-14(9-6-10(2)3)11-12-7-5-8-13-11/h5,7-8,10H,4,6,9H2,1-3H3. The number of hydrogen-bond acceptors (Lipinski definition) is 3. The lowest BCUT2D eigenvalue weighted by Crippen LogP contribution is -2.26. The van der Waals surface area contributed by atoms with Crippen LogP contribution in [0, 0.1) is 5.92 Å². The summed E-state index contributed by atoms with van der Waals surface area (Å²) < 4.78 is 0. The second-order valence-corrected chi connectivity index (χ2v) is 3.81. The van der Waals surface area contributed by atoms with Crippen molar-refractivity contribution in [1.82, 2.24) is 9.97 Å². The van der Waals surface area contributed by atoms with Crippen molar-refractivity contribution < 1.29 is 0 Å². The van der Waals surface area contributed by atoms with Gasteiger partial charge in [0.25, 0.3) is 0 Å². The van der Waals surface area contributed by atoms with Crippen LogP contribution < -0.4 is 4.90 Å². The molecule has 3 nitrogen and oxygen atoms in total. The number of anilines is 1. The largest absolute Gasteiger partial charge is 0.341 e. The van der Waals surface area contributed by atoms with E-state index in [4.69, 9.17) is 0 Å². The number of nitrogens with zero attached hydrogens (tertiary/aromatic N) is 3. The molecule has 78 valence electrons. The van der Waals surface area contributed by atoms with Crippen molar-refractivity contribution in [2.24, 2.45) is 5.92 Å². The van der Waals surface area contributed by atoms with Gasteiger partial charge in [-0.2, -0.15) is 0 Å². The first-order valence-electron chi connectivity index (χ1n) is 5.26. The van der Waals surface area contributed by atoms with Crippen molar-refractivity contribution in [2.45, 2.75) is 27.2 Å². The molecule has 14 heavy (non-hydrogen) atoms. The van der Waals surface area contributed by atoms with Crippen molar-refractivity contribution >= 4 is 5.95 Å². The summed E-state index contributed by atoms with van der Waals surface area (Å²) >= 11 is 0. The summed E-state index contributed by atoms with van der Waals surface area (Å²) in [4.78, 5) is 10.7. The third kappa shape index (κ3) is 3.32. The summed E-state index contributed by atoms with van der Waals surface area (Å²) in [7, 11) is 0. The lowest BCUT2D eigenvalue weighted by molar-refractivity contribution is 0.572. The van der Waals surface area contributed by atoms with E-state index in [1.807, 2.05) is 6.07 Å². The molecule has 1 heterocycles. The van der Waals surface area contributed by atoms with Gasteiger partial charge in [0, 0.05) is 25.5 Å². The quantitative estimate of drug-likeness (QED) is 0.718. The first-order valence-corrected chi connectivity index (χ1v) is 5.26. The summed E-state index contributed by atoms with van der Waals surface area (Å²) in [5.74, 6) is 1.57. The van der Waals surface area contributed by atoms with E-state index >= 15 is 0 Å². The smallest absolute Gasteiger partial charge is 0.225 e. The molecule has 0 spiro atoms. The minimum atomic E-state index is 0.729. The summed E-state index contributed by atoms with van der Waals surface area (Å²) in [5, 5.41) is 0. The molecule has 0 bridgehead atoms. The second-order valence-electron chi connectivity index (χ2n) is 3.81. The minimum Gasteiger partial charge on any atom is -0.341 e. The Balaban J connectivity index is 2.54. The molecule has 1 aromatic heterocycles. The molecule has 0 unspecified atom stereocenters. The van der Waals surface area contributed by atoms with Crippen LogP contribution in [-0.4, -0.2) is 23.1 Å². The Kier molecular flexibility index (Phi) is 4.36. The van der Waals surface area contributed by atoms with Gasteiger partial charge in [-0.05, 0) is 25.3 Å². The SMILES string of the molecule is CCN(CCC(C)C)c1ncccn1. The Morgan fingerprint density at radius 3 is 2.43 bits per heavy atom. The molecule has 0 fully saturated rings. The third-order valence-corrected chi connectivity index (χ3v) is 2.19. The zero-order chi connectivity index (χ0) is 10.4. The Morgan fingerprint density at radius 1 is 1.29 bits per heavy atom. The maximum absolute atomic E-state index is 4.24. The molecular formula is C11H19N3. The molecule has 0 atom stereocenters. The predicted molar refractivity (Wildman–Crippen MR) is 59.4 cm³/mol. The molecule has 0 saturated carbocycles. The van der Waals surface area contributed by atoms with Crippen molar-refractivity contribution in [2.75, 3.05) is 18.0 Å². The van der Waals surface area contributed by atoms with Gasteiger partial charge in [0.1, 0.15) is 0 Å². The minimum absolute atomic E-state index is 0.729. The normalized spacial score (nSPS) is 10.6. The van der Waals surface area contributed by atoms with E-state index in [1.165, 1.54) is 6.42 Å². The van der Waals surface area contributed by atoms with Crippen molar-refractivity contribution in [3.63, 3.8) is 0 Å². The van der Waals surface area contributed by atoms with Gasteiger partial charge in [-0.25, -0.2) is 9.97 Å². The predicted octanol–water partition coefficient (Wildman–Crippen LogP) is 2.35. The highest BCUT2D eigenvalue weighted by Gasteiger charge is 2.06. The van der Waals surface area contributed by atoms with Gasteiger partial charge in [0.2, 0.25) is 5.95 Å². The Morgan fingerprint density at radius 2 is 1.93 bits per heavy atom. The number of hydrogen-bond donors (Lipinski definition) is 0. The lowest BCUT2D eigenvalue weighted by atomic mass is 10.1. The highest BCUT2D eigenvalue weighted by atomic mass is 15.2. The van der Waals surface area contributed by atoms with Gasteiger partial charge < -0.3 is 4.90 Å². The molecule has 0 aliphatic carbocycles. The van der Waals surface area contributed by atoms with Crippen molar-refractivity contribution in [1.29, 1.82) is 0 Å². The first-order chi connectivity index (χ1) is 6.74. The van der Waals surface area contributed by atoms with Crippen LogP contribution in [0.4, 0.5) is 5.95 Å². The van der Waals surface area contributed by atoms with E-state index in [9.17, 15) is 0 Å². The highest BCUT2D eigenvalue weighted by Crippen LogP contribution is 2.08. The number of rotatable bonds is 5. The zero-order valence-corrected chi connectivity index (χ0v) is 9.27. The molecule has 1 rings (SSSR count). The summed E-state index contributed by atoms with van der Waals surface area (Å²) in [6.07, 6.45) is 4.77. The first kappa shape index (κ1) is 11.0. The topological polar surface area (TPSA) is 29.0 Å². The molecule has 0 radical (unpaired) electrons. The van der Waals surface area contributed by atoms with Crippen LogP contribution in [0.1, 0.15) is 27.2 Å². The van der Waals surface area contributed by atoms with Crippen LogP contribution in [0.25, 0.3) is 0 Å². The molecule has 3 heteroatoms. The van der Waals surface area contributed by atoms with Gasteiger partial charge in [-0.3, -0.25) is 0 Å². The Hall–Kier alpha value is -1.12. The van der Waals surface area contributed by atoms with Gasteiger partial charge in [-0.15, -0.1) is 0 Å². The monoisotopic (exact) mass is 193 g/mol. The zero-order valence-electron chi connectivity index (χ0n) is 9.27. The van der Waals surface area contributed by atoms with E-state index in [-0.39, 0.29) is 0 Å². The number of aromatic nitrogens is 2. The van der Waals surface area contributed by atoms with Crippen LogP contribution in [0.15, 0.2) is 18.5 Å². The molecular weight excluding hydrogens is 174 g/mol. The summed E-state index contributed by atoms with van der Waals surface area (Å²) in [6.45, 7) is 8.62. The van der Waals surface area contributed by atoms with Gasteiger partial charge >= 0.3 is 0 Å². The molecule has 0 aliphatic heterocycles. The second kappa shape index (κ2) is 5.58. The maximum atomic E-state index is 4.24. The molecule has 0 aliphatic rings. The Labute approximate surface area is 86.2 Å². The fourth-order valence-electron chi connectivity index (χ4n) is 1.27. The third-order valence-electron chi connectivity index (χ3n) is 2.19. The highest BCUT2D eigenvalue weighted by molar-refractivity contribution is 5.27. The maximum Gasteiger partial charge on any atom is 0.225 e. The lowest BCUT2D eigenvalue weighted by Gasteiger charge is -2.21. The van der Waals surface area contributed by atoms with Gasteiger partial charge in [0.05, 0.1) is 0 Å². The van der Waals surface area contributed by atoms with E-state index < -0.39 is 0 Å². The van der Waals surface area contributed by atoms with Crippen LogP contribution >= 0.6 is 0 Å². The van der Waals surface area contributed by atoms with Gasteiger partial charge in [-0.1, -0.05) is 13.8 Å². The Bertz CT molecular complexity index is 246. The van der Waals surface area contributed by atoms with E-state index in [0.29, 0.717) is 0 Å². The van der Waals surface area contributed by atoms with Crippen LogP contribution in [0.2, 0.25) is 0 Å². The van der Waals surface area contributed by atoms with Crippen molar-refractivity contribution in [3.05, 3.63) is 18.5 Å². The average Bonchev–Trinajstić information content (AvgIpc) is 2.20. The van der Waals surface area contributed by atoms with Crippen LogP contribution in [0.5, 0.6) is 0 Å². The van der Waals surface area contributed by atoms with Crippen LogP contribution in [0.3, 0.4) is 0 Å². The van der Waals surface area contributed by atoms with Crippen molar-refractivity contribution in [3.8, 4) is 0 Å². The fraction of sp³-hybridized carbons (Fsp3) is 0.636. The van der Waals surface area contributed by atoms with Gasteiger partial charge in [0.15, 0.2) is 0 Å². The van der Waals surface area contributed by atoms with E-state index in [1.54, 1.807) is 12.4 Å². The summed E-state index contributed by atoms with van der Waals surface area (Å²) in [5.41, 5.74) is 0. The summed E-state index contributed by atoms with van der Waals surface area (Å²) in [6, 6.07) is 1.85. The molecule has 1 aromatic rings. The molecule has 0 amide bonds. The van der Waals surface area contributed by atoms with E-state index in [2.05, 4.69) is 35.6 Å². The molecule has 0 N–H and O–H groups in total. The molecule has 0 aromatic carbocycles. The van der Waals surface area contributed by atoms with E-state index in [0.717, 1.165) is 25.0 Å². The fourth-order valence-corrected chi connectivity index (χ4v) is 1.27.